The van der Waals surface area contributed by atoms with Gasteiger partial charge in [0.1, 0.15) is 5.54 Å². The maximum Gasteiger partial charge on any atom is 0.160 e. The molecule has 15 heavy (non-hydrogen) atoms. The highest BCUT2D eigenvalue weighted by Crippen LogP contribution is 2.35. The fourth-order valence-corrected chi connectivity index (χ4v) is 2.95. The summed E-state index contributed by atoms with van der Waals surface area (Å²) >= 11 is 0. The van der Waals surface area contributed by atoms with E-state index in [0.717, 1.165) is 32.4 Å². The Morgan fingerprint density at radius 2 is 2.33 bits per heavy atom. The monoisotopic (exact) mass is 213 g/mol. The number of aliphatic hydroxyl groups is 1. The van der Waals surface area contributed by atoms with Crippen LogP contribution in [0.4, 0.5) is 0 Å². The van der Waals surface area contributed by atoms with E-state index in [1.165, 1.54) is 0 Å². The Hall–Kier alpha value is -0.450. The molecule has 3 atom stereocenters. The lowest BCUT2D eigenvalue weighted by Crippen LogP contribution is -2.64. The Morgan fingerprint density at radius 1 is 1.53 bits per heavy atom. The number of carbonyl (C=O) groups excluding carboxylic acids is 1. The molecular formula is C11H19NO3. The third kappa shape index (κ3) is 1.61. The van der Waals surface area contributed by atoms with Crippen molar-refractivity contribution in [3.63, 3.8) is 0 Å². The molecule has 3 aliphatic rings. The van der Waals surface area contributed by atoms with Gasteiger partial charge < -0.3 is 9.84 Å². The van der Waals surface area contributed by atoms with Crippen LogP contribution in [0.1, 0.15) is 19.3 Å². The summed E-state index contributed by atoms with van der Waals surface area (Å²) in [6.07, 6.45) is 2.98. The molecule has 3 heterocycles. The number of nitrogens with zero attached hydrogens (tertiary/aromatic N) is 1. The van der Waals surface area contributed by atoms with Gasteiger partial charge in [-0.2, -0.15) is 0 Å². The summed E-state index contributed by atoms with van der Waals surface area (Å²) in [5.41, 5.74) is -0.742. The first-order chi connectivity index (χ1) is 7.24. The molecule has 0 amide bonds. The third-order valence-corrected chi connectivity index (χ3v) is 3.81. The second kappa shape index (κ2) is 4.20. The van der Waals surface area contributed by atoms with Crippen LogP contribution < -0.4 is 0 Å². The number of piperidine rings is 1. The molecule has 3 aliphatic heterocycles. The smallest absolute Gasteiger partial charge is 0.160 e. The van der Waals surface area contributed by atoms with Gasteiger partial charge in [-0.1, -0.05) is 0 Å². The van der Waals surface area contributed by atoms with Gasteiger partial charge in [-0.15, -0.1) is 0 Å². The van der Waals surface area contributed by atoms with Crippen molar-refractivity contribution in [2.45, 2.75) is 24.8 Å². The Bertz CT molecular complexity index is 252. The minimum Gasteiger partial charge on any atom is -0.394 e. The van der Waals surface area contributed by atoms with E-state index in [2.05, 4.69) is 4.90 Å². The first-order valence-electron chi connectivity index (χ1n) is 5.64. The molecule has 0 radical (unpaired) electrons. The van der Waals surface area contributed by atoms with Gasteiger partial charge in [0.05, 0.1) is 13.2 Å². The molecule has 0 aromatic carbocycles. The van der Waals surface area contributed by atoms with Gasteiger partial charge in [-0.05, 0) is 32.4 Å². The van der Waals surface area contributed by atoms with Crippen molar-refractivity contribution in [1.82, 2.24) is 4.90 Å². The van der Waals surface area contributed by atoms with Crippen LogP contribution in [-0.2, 0) is 9.53 Å². The fraction of sp³-hybridized carbons (Fsp3) is 0.909. The Labute approximate surface area is 90.2 Å². The quantitative estimate of drug-likeness (QED) is 0.719. The summed E-state index contributed by atoms with van der Waals surface area (Å²) in [5.74, 6) is 0.335. The van der Waals surface area contributed by atoms with E-state index in [1.54, 1.807) is 7.11 Å². The molecule has 0 spiro atoms. The van der Waals surface area contributed by atoms with Crippen LogP contribution >= 0.6 is 0 Å². The molecule has 0 aromatic rings. The SMILES string of the molecule is COC[C@]1(CO)C(=O)[C@H]2CCCN1CC2. The van der Waals surface area contributed by atoms with Gasteiger partial charge in [-0.3, -0.25) is 9.69 Å². The zero-order chi connectivity index (χ0) is 10.9. The molecular weight excluding hydrogens is 194 g/mol. The average molecular weight is 213 g/mol. The molecule has 0 aromatic heterocycles. The molecule has 1 N–H and O–H groups in total. The normalized spacial score (nSPS) is 40.5. The maximum absolute atomic E-state index is 12.3. The summed E-state index contributed by atoms with van der Waals surface area (Å²) in [4.78, 5) is 14.4. The number of fused-ring (bicyclic) bond motifs is 4. The molecule has 2 bridgehead atoms. The van der Waals surface area contributed by atoms with E-state index < -0.39 is 5.54 Å². The fourth-order valence-electron chi connectivity index (χ4n) is 2.95. The lowest BCUT2D eigenvalue weighted by atomic mass is 9.80. The highest BCUT2D eigenvalue weighted by molar-refractivity contribution is 5.91. The predicted molar refractivity (Wildman–Crippen MR) is 55.6 cm³/mol. The minimum atomic E-state index is -0.742. The van der Waals surface area contributed by atoms with Crippen molar-refractivity contribution in [1.29, 1.82) is 0 Å². The van der Waals surface area contributed by atoms with E-state index >= 15 is 0 Å². The second-order valence-corrected chi connectivity index (χ2v) is 4.60. The average Bonchev–Trinajstić information content (AvgIpc) is 2.55. The molecule has 1 unspecified atom stereocenters. The van der Waals surface area contributed by atoms with E-state index in [0.29, 0.717) is 6.61 Å². The Balaban J connectivity index is 2.30. The standard InChI is InChI=1S/C11H19NO3/c1-15-8-11(7-13)10(14)9-3-2-5-12(11)6-4-9/h9,13H,2-8H2,1H3/t9-,11+/m0/s1. The van der Waals surface area contributed by atoms with Crippen LogP contribution in [0.2, 0.25) is 0 Å². The maximum atomic E-state index is 12.3. The van der Waals surface area contributed by atoms with Gasteiger partial charge in [0, 0.05) is 13.0 Å². The molecule has 3 saturated heterocycles. The third-order valence-electron chi connectivity index (χ3n) is 3.81. The first kappa shape index (κ1) is 11.0. The predicted octanol–water partition coefficient (Wildman–Crippen LogP) is 0.0487. The molecule has 3 rings (SSSR count). The lowest BCUT2D eigenvalue weighted by Gasteiger charge is -2.44. The van der Waals surface area contributed by atoms with Crippen LogP contribution in [0.5, 0.6) is 0 Å². The van der Waals surface area contributed by atoms with Gasteiger partial charge in [0.15, 0.2) is 5.78 Å². The largest absolute Gasteiger partial charge is 0.394 e. The van der Waals surface area contributed by atoms with Crippen LogP contribution in [0.15, 0.2) is 0 Å². The highest BCUT2D eigenvalue weighted by Gasteiger charge is 2.50. The molecule has 4 nitrogen and oxygen atoms in total. The molecule has 86 valence electrons. The van der Waals surface area contributed by atoms with Crippen molar-refractivity contribution in [3.05, 3.63) is 0 Å². The minimum absolute atomic E-state index is 0.115. The van der Waals surface area contributed by atoms with E-state index in [-0.39, 0.29) is 18.3 Å². The summed E-state index contributed by atoms with van der Waals surface area (Å²) in [6.45, 7) is 2.03. The zero-order valence-corrected chi connectivity index (χ0v) is 9.24. The number of ketones is 1. The summed E-state index contributed by atoms with van der Waals surface area (Å²) in [6, 6.07) is 0. The van der Waals surface area contributed by atoms with Crippen molar-refractivity contribution in [2.24, 2.45) is 5.92 Å². The van der Waals surface area contributed by atoms with Crippen molar-refractivity contribution < 1.29 is 14.6 Å². The summed E-state index contributed by atoms with van der Waals surface area (Å²) in [7, 11) is 1.59. The lowest BCUT2D eigenvalue weighted by molar-refractivity contribution is -0.147. The number of methoxy groups -OCH3 is 1. The number of ether oxygens (including phenoxy) is 1. The van der Waals surface area contributed by atoms with Crippen LogP contribution in [-0.4, -0.2) is 54.7 Å². The van der Waals surface area contributed by atoms with Crippen molar-refractivity contribution >= 4 is 5.78 Å². The molecule has 0 saturated carbocycles. The number of hydrogen-bond acceptors (Lipinski definition) is 4. The summed E-state index contributed by atoms with van der Waals surface area (Å²) in [5, 5.41) is 9.55. The zero-order valence-electron chi connectivity index (χ0n) is 9.24. The first-order valence-corrected chi connectivity index (χ1v) is 5.64. The van der Waals surface area contributed by atoms with Gasteiger partial charge >= 0.3 is 0 Å². The Morgan fingerprint density at radius 3 is 3.00 bits per heavy atom. The molecule has 4 heteroatoms. The van der Waals surface area contributed by atoms with Crippen LogP contribution in [0, 0.1) is 5.92 Å². The topological polar surface area (TPSA) is 49.8 Å². The van der Waals surface area contributed by atoms with E-state index in [4.69, 9.17) is 4.74 Å². The molecule has 0 aliphatic carbocycles. The van der Waals surface area contributed by atoms with Crippen molar-refractivity contribution in [2.75, 3.05) is 33.4 Å². The van der Waals surface area contributed by atoms with Crippen LogP contribution in [0.25, 0.3) is 0 Å². The number of hydrogen-bond donors (Lipinski definition) is 1. The van der Waals surface area contributed by atoms with Gasteiger partial charge in [-0.25, -0.2) is 0 Å². The van der Waals surface area contributed by atoms with Crippen molar-refractivity contribution in [3.8, 4) is 0 Å². The van der Waals surface area contributed by atoms with Gasteiger partial charge in [0.25, 0.3) is 0 Å². The van der Waals surface area contributed by atoms with E-state index in [9.17, 15) is 9.90 Å². The second-order valence-electron chi connectivity index (χ2n) is 4.60. The van der Waals surface area contributed by atoms with Gasteiger partial charge in [0.2, 0.25) is 0 Å². The number of carbonyl (C=O) groups is 1. The number of Topliss-reactive ketones (excluding diaryl/α,β-unsaturated/α-hetero) is 1. The van der Waals surface area contributed by atoms with E-state index in [1.807, 2.05) is 0 Å². The van der Waals surface area contributed by atoms with Crippen LogP contribution in [0.3, 0.4) is 0 Å². The Kier molecular flexibility index (Phi) is 3.09. The number of rotatable bonds is 3. The molecule has 3 fully saturated rings. The number of aliphatic hydroxyl groups excluding tert-OH is 1. The highest BCUT2D eigenvalue weighted by atomic mass is 16.5. The summed E-state index contributed by atoms with van der Waals surface area (Å²) < 4.78 is 5.13.